The number of nitrogens with one attached hydrogen (secondary N) is 1. The maximum atomic E-state index is 13.1. The summed E-state index contributed by atoms with van der Waals surface area (Å²) in [6.45, 7) is 2.21. The summed E-state index contributed by atoms with van der Waals surface area (Å²) in [5.74, 6) is -0.621. The van der Waals surface area contributed by atoms with Crippen LogP contribution in [0.1, 0.15) is 31.7 Å². The van der Waals surface area contributed by atoms with E-state index in [9.17, 15) is 19.1 Å². The number of aliphatic hydroxyl groups excluding tert-OH is 1. The first-order chi connectivity index (χ1) is 11.0. The molecule has 1 heterocycles. The lowest BCUT2D eigenvalue weighted by atomic mass is 9.92. The molecule has 1 fully saturated rings. The first-order valence-electron chi connectivity index (χ1n) is 7.87. The minimum atomic E-state index is -0.783. The first kappa shape index (κ1) is 17.4. The number of carbonyl (C=O) groups excluding carboxylic acids is 2. The average Bonchev–Trinajstić information content (AvgIpc) is 2.91. The molecule has 5 nitrogen and oxygen atoms in total. The molecule has 0 aromatic heterocycles. The summed E-state index contributed by atoms with van der Waals surface area (Å²) in [6.07, 6.45) is 2.04. The molecule has 126 valence electrons. The van der Waals surface area contributed by atoms with Crippen molar-refractivity contribution in [1.29, 1.82) is 0 Å². The molecule has 0 aliphatic carbocycles. The van der Waals surface area contributed by atoms with E-state index in [1.54, 1.807) is 17.0 Å². The van der Waals surface area contributed by atoms with Gasteiger partial charge in [-0.05, 0) is 37.0 Å². The molecule has 2 N–H and O–H groups in total. The third kappa shape index (κ3) is 4.28. The van der Waals surface area contributed by atoms with Gasteiger partial charge in [0.05, 0.1) is 18.6 Å². The molecule has 23 heavy (non-hydrogen) atoms. The molecule has 2 amide bonds. The number of benzene rings is 1. The van der Waals surface area contributed by atoms with Crippen molar-refractivity contribution in [3.8, 4) is 0 Å². The van der Waals surface area contributed by atoms with Crippen LogP contribution < -0.4 is 5.32 Å². The maximum Gasteiger partial charge on any atom is 0.222 e. The quantitative estimate of drug-likeness (QED) is 0.828. The molecule has 0 radical (unpaired) electrons. The van der Waals surface area contributed by atoms with Gasteiger partial charge in [-0.1, -0.05) is 12.1 Å². The molecule has 6 heteroatoms. The molecular formula is C17H23FN2O3. The first-order valence-corrected chi connectivity index (χ1v) is 7.87. The van der Waals surface area contributed by atoms with Crippen LogP contribution in [0.15, 0.2) is 24.3 Å². The van der Waals surface area contributed by atoms with Gasteiger partial charge in [0, 0.05) is 20.0 Å². The van der Waals surface area contributed by atoms with Crippen molar-refractivity contribution in [3.05, 3.63) is 35.6 Å². The van der Waals surface area contributed by atoms with Crippen molar-refractivity contribution in [2.45, 2.75) is 38.1 Å². The van der Waals surface area contributed by atoms with E-state index in [-0.39, 0.29) is 30.7 Å². The van der Waals surface area contributed by atoms with Crippen LogP contribution in [0.3, 0.4) is 0 Å². The van der Waals surface area contributed by atoms with Crippen molar-refractivity contribution in [1.82, 2.24) is 10.2 Å². The zero-order chi connectivity index (χ0) is 16.9. The van der Waals surface area contributed by atoms with Gasteiger partial charge < -0.3 is 15.3 Å². The molecular weight excluding hydrogens is 299 g/mol. The molecule has 1 aromatic rings. The highest BCUT2D eigenvalue weighted by atomic mass is 19.1. The third-order valence-corrected chi connectivity index (χ3v) is 4.39. The Bertz CT molecular complexity index is 579. The SMILES string of the molecule is CC(=O)N1CCC[C@@]1(CO)CC(=O)NCCc1cccc(F)c1. The fraction of sp³-hybridized carbons (Fsp3) is 0.529. The molecule has 1 aliphatic rings. The largest absolute Gasteiger partial charge is 0.394 e. The number of carbonyl (C=O) groups is 2. The predicted octanol–water partition coefficient (Wildman–Crippen LogP) is 1.25. The molecule has 1 saturated heterocycles. The lowest BCUT2D eigenvalue weighted by Crippen LogP contribution is -2.52. The Hall–Kier alpha value is -1.95. The van der Waals surface area contributed by atoms with E-state index < -0.39 is 5.54 Å². The molecule has 1 aromatic carbocycles. The van der Waals surface area contributed by atoms with Gasteiger partial charge in [0.2, 0.25) is 11.8 Å². The fourth-order valence-electron chi connectivity index (χ4n) is 3.23. The van der Waals surface area contributed by atoms with Crippen molar-refractivity contribution in [2.75, 3.05) is 19.7 Å². The Morgan fingerprint density at radius 1 is 1.43 bits per heavy atom. The van der Waals surface area contributed by atoms with E-state index in [4.69, 9.17) is 0 Å². The minimum Gasteiger partial charge on any atom is -0.394 e. The summed E-state index contributed by atoms with van der Waals surface area (Å²) in [5.41, 5.74) is 0.0304. The van der Waals surface area contributed by atoms with Gasteiger partial charge in [0.15, 0.2) is 0 Å². The van der Waals surface area contributed by atoms with E-state index in [1.807, 2.05) is 0 Å². The number of hydrogen-bond donors (Lipinski definition) is 2. The zero-order valence-corrected chi connectivity index (χ0v) is 13.3. The minimum absolute atomic E-state index is 0.0895. The number of aliphatic hydroxyl groups is 1. The van der Waals surface area contributed by atoms with Gasteiger partial charge in [-0.3, -0.25) is 9.59 Å². The van der Waals surface area contributed by atoms with E-state index in [0.29, 0.717) is 25.9 Å². The second-order valence-electron chi connectivity index (χ2n) is 6.06. The Kier molecular flexibility index (Phi) is 5.71. The normalized spacial score (nSPS) is 20.6. The monoisotopic (exact) mass is 322 g/mol. The number of halogens is 1. The number of nitrogens with zero attached hydrogens (tertiary/aromatic N) is 1. The molecule has 2 rings (SSSR count). The van der Waals surface area contributed by atoms with Crippen molar-refractivity contribution in [2.24, 2.45) is 0 Å². The summed E-state index contributed by atoms with van der Waals surface area (Å²) >= 11 is 0. The Labute approximate surface area is 135 Å². The highest BCUT2D eigenvalue weighted by molar-refractivity contribution is 5.80. The molecule has 1 aliphatic heterocycles. The molecule has 1 atom stereocenters. The topological polar surface area (TPSA) is 69.6 Å². The van der Waals surface area contributed by atoms with Gasteiger partial charge in [-0.25, -0.2) is 4.39 Å². The van der Waals surface area contributed by atoms with Crippen molar-refractivity contribution >= 4 is 11.8 Å². The van der Waals surface area contributed by atoms with Crippen LogP contribution in [0.5, 0.6) is 0 Å². The van der Waals surface area contributed by atoms with Crippen LogP contribution in [0, 0.1) is 5.82 Å². The summed E-state index contributed by atoms with van der Waals surface area (Å²) in [6, 6.07) is 6.26. The van der Waals surface area contributed by atoms with Crippen LogP contribution in [0.4, 0.5) is 4.39 Å². The highest BCUT2D eigenvalue weighted by Crippen LogP contribution is 2.32. The van der Waals surface area contributed by atoms with Gasteiger partial charge in [-0.15, -0.1) is 0 Å². The van der Waals surface area contributed by atoms with Gasteiger partial charge in [0.1, 0.15) is 5.82 Å². The summed E-state index contributed by atoms with van der Waals surface area (Å²) < 4.78 is 13.1. The fourth-order valence-corrected chi connectivity index (χ4v) is 3.23. The summed E-state index contributed by atoms with van der Waals surface area (Å²) in [7, 11) is 0. The van der Waals surface area contributed by atoms with Crippen LogP contribution in [0.2, 0.25) is 0 Å². The number of hydrogen-bond acceptors (Lipinski definition) is 3. The molecule has 0 bridgehead atoms. The standard InChI is InChI=1S/C17H23FN2O3/c1-13(22)20-9-3-7-17(20,12-21)11-16(23)19-8-6-14-4-2-5-15(18)10-14/h2,4-5,10,21H,3,6-9,11-12H2,1H3,(H,19,23)/t17-/m0/s1. The highest BCUT2D eigenvalue weighted by Gasteiger charge is 2.43. The van der Waals surface area contributed by atoms with Crippen molar-refractivity contribution < 1.29 is 19.1 Å². The molecule has 0 saturated carbocycles. The predicted molar refractivity (Wildman–Crippen MR) is 84.2 cm³/mol. The van der Waals surface area contributed by atoms with Crippen LogP contribution >= 0.6 is 0 Å². The second kappa shape index (κ2) is 7.55. The van der Waals surface area contributed by atoms with Crippen LogP contribution in [-0.4, -0.2) is 47.1 Å². The van der Waals surface area contributed by atoms with Gasteiger partial charge in [0.25, 0.3) is 0 Å². The average molecular weight is 322 g/mol. The second-order valence-corrected chi connectivity index (χ2v) is 6.06. The molecule has 0 spiro atoms. The van der Waals surface area contributed by atoms with Crippen LogP contribution in [0.25, 0.3) is 0 Å². The summed E-state index contributed by atoms with van der Waals surface area (Å²) in [4.78, 5) is 25.4. The maximum absolute atomic E-state index is 13.1. The Morgan fingerprint density at radius 2 is 2.22 bits per heavy atom. The number of amides is 2. The van der Waals surface area contributed by atoms with E-state index in [0.717, 1.165) is 12.0 Å². The van der Waals surface area contributed by atoms with E-state index in [1.165, 1.54) is 19.1 Å². The third-order valence-electron chi connectivity index (χ3n) is 4.39. The number of likely N-dealkylation sites (tertiary alicyclic amines) is 1. The zero-order valence-electron chi connectivity index (χ0n) is 13.3. The Morgan fingerprint density at radius 3 is 2.87 bits per heavy atom. The molecule has 0 unspecified atom stereocenters. The number of rotatable bonds is 6. The summed E-state index contributed by atoms with van der Waals surface area (Å²) in [5, 5.41) is 12.5. The lowest BCUT2D eigenvalue weighted by molar-refractivity contribution is -0.137. The van der Waals surface area contributed by atoms with Crippen molar-refractivity contribution in [3.63, 3.8) is 0 Å². The van der Waals surface area contributed by atoms with E-state index in [2.05, 4.69) is 5.32 Å². The smallest absolute Gasteiger partial charge is 0.222 e. The lowest BCUT2D eigenvalue weighted by Gasteiger charge is -2.36. The van der Waals surface area contributed by atoms with Crippen LogP contribution in [-0.2, 0) is 16.0 Å². The van der Waals surface area contributed by atoms with Gasteiger partial charge >= 0.3 is 0 Å². The van der Waals surface area contributed by atoms with Gasteiger partial charge in [-0.2, -0.15) is 0 Å². The van der Waals surface area contributed by atoms with E-state index >= 15 is 0 Å². The Balaban J connectivity index is 1.87.